The van der Waals surface area contributed by atoms with Crippen LogP contribution in [0, 0.1) is 0 Å². The second-order valence-electron chi connectivity index (χ2n) is 4.84. The third kappa shape index (κ3) is 3.30. The van der Waals surface area contributed by atoms with Gasteiger partial charge in [-0.25, -0.2) is 0 Å². The number of likely N-dealkylation sites (tertiary alicyclic amines) is 1. The van der Waals surface area contributed by atoms with Gasteiger partial charge in [-0.05, 0) is 12.2 Å². The Kier molecular flexibility index (Phi) is 4.18. The van der Waals surface area contributed by atoms with Gasteiger partial charge in [-0.2, -0.15) is 0 Å². The van der Waals surface area contributed by atoms with Crippen molar-refractivity contribution in [2.45, 2.75) is 18.9 Å². The Morgan fingerprint density at radius 2 is 2.07 bits per heavy atom. The minimum atomic E-state index is 0.783. The van der Waals surface area contributed by atoms with Gasteiger partial charge in [-0.15, -0.1) is 0 Å². The summed E-state index contributed by atoms with van der Waals surface area (Å²) in [5.41, 5.74) is 0. The van der Waals surface area contributed by atoms with Gasteiger partial charge in [0.05, 0.1) is 33.4 Å². The molecular formula is C12H24N2O+2. The lowest BCUT2D eigenvalue weighted by molar-refractivity contribution is -0.902. The van der Waals surface area contributed by atoms with Gasteiger partial charge in [0, 0.05) is 12.8 Å². The van der Waals surface area contributed by atoms with Crippen molar-refractivity contribution >= 4 is 0 Å². The van der Waals surface area contributed by atoms with E-state index in [0.717, 1.165) is 19.3 Å². The van der Waals surface area contributed by atoms with E-state index in [1.807, 2.05) is 0 Å². The average Bonchev–Trinajstić information content (AvgIpc) is 2.66. The SMILES string of the molecule is C[NH+]1CCC[C@@H]1/C=C/C[NH+]1CCOCC1. The van der Waals surface area contributed by atoms with E-state index in [-0.39, 0.29) is 0 Å². The fourth-order valence-corrected chi connectivity index (χ4v) is 2.56. The largest absolute Gasteiger partial charge is 0.370 e. The zero-order valence-electron chi connectivity index (χ0n) is 9.80. The predicted octanol–water partition coefficient (Wildman–Crippen LogP) is -1.87. The molecule has 0 amide bonds. The molecule has 0 saturated carbocycles. The van der Waals surface area contributed by atoms with Crippen LogP contribution in [0.15, 0.2) is 12.2 Å². The van der Waals surface area contributed by atoms with Crippen LogP contribution in [0.3, 0.4) is 0 Å². The van der Waals surface area contributed by atoms with E-state index >= 15 is 0 Å². The van der Waals surface area contributed by atoms with Crippen molar-refractivity contribution in [2.24, 2.45) is 0 Å². The lowest BCUT2D eigenvalue weighted by atomic mass is 10.2. The summed E-state index contributed by atoms with van der Waals surface area (Å²) in [4.78, 5) is 3.36. The lowest BCUT2D eigenvalue weighted by Gasteiger charge is -2.22. The maximum atomic E-state index is 5.35. The van der Waals surface area contributed by atoms with Gasteiger partial charge in [-0.1, -0.05) is 0 Å². The molecule has 2 fully saturated rings. The molecule has 1 unspecified atom stereocenters. The van der Waals surface area contributed by atoms with Gasteiger partial charge in [-0.3, -0.25) is 0 Å². The molecule has 0 bridgehead atoms. The van der Waals surface area contributed by atoms with E-state index in [1.165, 1.54) is 39.0 Å². The van der Waals surface area contributed by atoms with Crippen LogP contribution in [0.4, 0.5) is 0 Å². The van der Waals surface area contributed by atoms with Crippen LogP contribution in [0.1, 0.15) is 12.8 Å². The molecule has 3 nitrogen and oxygen atoms in total. The normalized spacial score (nSPS) is 33.9. The molecule has 2 rings (SSSR count). The summed E-state index contributed by atoms with van der Waals surface area (Å²) in [5.74, 6) is 0. The second kappa shape index (κ2) is 5.64. The number of likely N-dealkylation sites (N-methyl/N-ethyl adjacent to an activating group) is 1. The molecule has 86 valence electrons. The highest BCUT2D eigenvalue weighted by Gasteiger charge is 2.21. The monoisotopic (exact) mass is 212 g/mol. The number of nitrogens with one attached hydrogen (secondary N) is 2. The van der Waals surface area contributed by atoms with E-state index < -0.39 is 0 Å². The zero-order valence-corrected chi connectivity index (χ0v) is 9.80. The Labute approximate surface area is 92.7 Å². The van der Waals surface area contributed by atoms with Crippen molar-refractivity contribution in [3.63, 3.8) is 0 Å². The Bertz CT molecular complexity index is 212. The van der Waals surface area contributed by atoms with Crippen LogP contribution < -0.4 is 9.80 Å². The molecule has 2 aliphatic heterocycles. The molecule has 15 heavy (non-hydrogen) atoms. The summed E-state index contributed by atoms with van der Waals surface area (Å²) < 4.78 is 5.35. The molecule has 2 N–H and O–H groups in total. The summed E-state index contributed by atoms with van der Waals surface area (Å²) in [6.07, 6.45) is 7.59. The van der Waals surface area contributed by atoms with Crippen molar-refractivity contribution in [3.8, 4) is 0 Å². The first-order valence-corrected chi connectivity index (χ1v) is 6.26. The zero-order chi connectivity index (χ0) is 10.5. The van der Waals surface area contributed by atoms with E-state index in [2.05, 4.69) is 19.2 Å². The predicted molar refractivity (Wildman–Crippen MR) is 60.3 cm³/mol. The fourth-order valence-electron chi connectivity index (χ4n) is 2.56. The minimum Gasteiger partial charge on any atom is -0.370 e. The van der Waals surface area contributed by atoms with Crippen molar-refractivity contribution in [2.75, 3.05) is 46.4 Å². The Balaban J connectivity index is 1.69. The molecule has 3 heteroatoms. The van der Waals surface area contributed by atoms with E-state index in [4.69, 9.17) is 4.74 Å². The van der Waals surface area contributed by atoms with Crippen LogP contribution in [-0.4, -0.2) is 52.5 Å². The smallest absolute Gasteiger partial charge is 0.106 e. The van der Waals surface area contributed by atoms with Crippen molar-refractivity contribution in [3.05, 3.63) is 12.2 Å². The molecule has 0 aromatic heterocycles. The molecule has 2 aliphatic rings. The summed E-state index contributed by atoms with van der Waals surface area (Å²) >= 11 is 0. The lowest BCUT2D eigenvalue weighted by Crippen LogP contribution is -3.14. The highest BCUT2D eigenvalue weighted by atomic mass is 16.5. The molecule has 0 aliphatic carbocycles. The Morgan fingerprint density at radius 3 is 2.73 bits per heavy atom. The number of ether oxygens (including phenoxy) is 1. The minimum absolute atomic E-state index is 0.783. The van der Waals surface area contributed by atoms with Crippen molar-refractivity contribution in [1.82, 2.24) is 0 Å². The Morgan fingerprint density at radius 1 is 1.27 bits per heavy atom. The van der Waals surface area contributed by atoms with Crippen molar-refractivity contribution in [1.29, 1.82) is 0 Å². The van der Waals surface area contributed by atoms with Crippen molar-refractivity contribution < 1.29 is 14.5 Å². The van der Waals surface area contributed by atoms with Crippen LogP contribution in [0.2, 0.25) is 0 Å². The molecule has 2 saturated heterocycles. The van der Waals surface area contributed by atoms with Crippen LogP contribution >= 0.6 is 0 Å². The molecular weight excluding hydrogens is 188 g/mol. The summed E-state index contributed by atoms with van der Waals surface area (Å²) in [7, 11) is 2.31. The van der Waals surface area contributed by atoms with E-state index in [0.29, 0.717) is 0 Å². The first-order valence-electron chi connectivity index (χ1n) is 6.26. The van der Waals surface area contributed by atoms with Gasteiger partial charge in [0.1, 0.15) is 19.1 Å². The third-order valence-corrected chi connectivity index (χ3v) is 3.69. The van der Waals surface area contributed by atoms with Gasteiger partial charge in [0.2, 0.25) is 0 Å². The summed E-state index contributed by atoms with van der Waals surface area (Å²) in [6, 6.07) is 0.783. The van der Waals surface area contributed by atoms with Crippen LogP contribution in [0.5, 0.6) is 0 Å². The average molecular weight is 212 g/mol. The number of quaternary nitrogens is 2. The van der Waals surface area contributed by atoms with Crippen LogP contribution in [0.25, 0.3) is 0 Å². The number of hydrogen-bond donors (Lipinski definition) is 2. The maximum Gasteiger partial charge on any atom is 0.106 e. The summed E-state index contributed by atoms with van der Waals surface area (Å²) in [6.45, 7) is 6.78. The first kappa shape index (κ1) is 11.1. The number of rotatable bonds is 3. The van der Waals surface area contributed by atoms with Gasteiger partial charge >= 0.3 is 0 Å². The van der Waals surface area contributed by atoms with E-state index in [9.17, 15) is 0 Å². The third-order valence-electron chi connectivity index (χ3n) is 3.69. The highest BCUT2D eigenvalue weighted by Crippen LogP contribution is 1.99. The van der Waals surface area contributed by atoms with E-state index in [1.54, 1.807) is 9.80 Å². The molecule has 2 atom stereocenters. The molecule has 0 radical (unpaired) electrons. The molecule has 0 aromatic carbocycles. The number of hydrogen-bond acceptors (Lipinski definition) is 1. The quantitative estimate of drug-likeness (QED) is 0.525. The van der Waals surface area contributed by atoms with Crippen LogP contribution in [-0.2, 0) is 4.74 Å². The Hall–Kier alpha value is -0.380. The molecule has 2 heterocycles. The van der Waals surface area contributed by atoms with Gasteiger partial charge in [0.25, 0.3) is 0 Å². The standard InChI is InChI=1S/C12H22N2O/c1-13-6-2-4-12(13)5-3-7-14-8-10-15-11-9-14/h3,5,12H,2,4,6-11H2,1H3/p+2/b5-3+/t12-/m1/s1. The highest BCUT2D eigenvalue weighted by molar-refractivity contribution is 4.89. The summed E-state index contributed by atoms with van der Waals surface area (Å²) in [5, 5.41) is 0. The molecule has 0 spiro atoms. The second-order valence-corrected chi connectivity index (χ2v) is 4.84. The van der Waals surface area contributed by atoms with Gasteiger partial charge < -0.3 is 14.5 Å². The fraction of sp³-hybridized carbons (Fsp3) is 0.833. The topological polar surface area (TPSA) is 18.1 Å². The van der Waals surface area contributed by atoms with Gasteiger partial charge in [0.15, 0.2) is 0 Å². The maximum absolute atomic E-state index is 5.35. The number of morpholine rings is 1. The molecule has 0 aromatic rings. The first-order chi connectivity index (χ1) is 7.36.